The van der Waals surface area contributed by atoms with Gasteiger partial charge < -0.3 is 0 Å². The predicted molar refractivity (Wildman–Crippen MR) is 496 cm³/mol. The molecule has 6 aliphatic rings. The Morgan fingerprint density at radius 2 is 0.387 bits per heavy atom. The van der Waals surface area contributed by atoms with Gasteiger partial charge in [-0.15, -0.1) is 0 Å². The van der Waals surface area contributed by atoms with E-state index < -0.39 is 0 Å². The molecule has 0 radical (unpaired) electrons. The molecule has 0 amide bonds. The molecule has 0 heterocycles. The Bertz CT molecular complexity index is 4430. The smallest absolute Gasteiger partial charge is 0.0712 e. The normalized spacial score (nSPS) is 12.9. The average Bonchev–Trinajstić information content (AvgIpc) is 0.703. The number of hydrogen-bond donors (Lipinski definition) is 0. The van der Waals surface area contributed by atoms with Crippen molar-refractivity contribution in [2.75, 3.05) is 0 Å². The van der Waals surface area contributed by atoms with Crippen LogP contribution in [0.1, 0.15) is 356 Å². The molecule has 0 aromatic heterocycles. The molecule has 0 saturated heterocycles. The van der Waals surface area contributed by atoms with Gasteiger partial charge >= 0.3 is 0 Å². The summed E-state index contributed by atoms with van der Waals surface area (Å²) >= 11 is 0. The monoisotopic (exact) mass is 1480 g/mol. The van der Waals surface area contributed by atoms with Crippen molar-refractivity contribution < 1.29 is 0 Å². The maximum Gasteiger partial charge on any atom is 0.0712 e. The van der Waals surface area contributed by atoms with Crippen molar-refractivity contribution in [2.24, 2.45) is 0 Å². The van der Waals surface area contributed by atoms with Crippen LogP contribution in [0, 0.1) is 0 Å². The second kappa shape index (κ2) is 44.6. The molecule has 111 heavy (non-hydrogen) atoms. The molecule has 588 valence electrons. The third-order valence-electron chi connectivity index (χ3n) is 21.7. The van der Waals surface area contributed by atoms with Gasteiger partial charge in [0.25, 0.3) is 0 Å². The van der Waals surface area contributed by atoms with Crippen molar-refractivity contribution in [3.8, 4) is 0 Å². The van der Waals surface area contributed by atoms with Gasteiger partial charge in [0.15, 0.2) is 0 Å². The number of benzene rings is 12. The van der Waals surface area contributed by atoms with E-state index in [4.69, 9.17) is 0 Å². The lowest BCUT2D eigenvalue weighted by atomic mass is 9.55. The van der Waals surface area contributed by atoms with Gasteiger partial charge in [0.1, 0.15) is 0 Å². The summed E-state index contributed by atoms with van der Waals surface area (Å²) in [5.74, 6) is 1.56. The first kappa shape index (κ1) is 94.0. The number of fused-ring (bicyclic) bond motifs is 24. The van der Waals surface area contributed by atoms with Crippen molar-refractivity contribution in [1.82, 2.24) is 0 Å². The summed E-state index contributed by atoms with van der Waals surface area (Å²) in [5.41, 5.74) is 38.7. The van der Waals surface area contributed by atoms with E-state index in [-0.39, 0.29) is 38.5 Å². The van der Waals surface area contributed by atoms with E-state index in [9.17, 15) is 0 Å². The lowest BCUT2D eigenvalue weighted by Gasteiger charge is -2.47. The summed E-state index contributed by atoms with van der Waals surface area (Å²) < 4.78 is 0. The van der Waals surface area contributed by atoms with Crippen LogP contribution in [-0.4, -0.2) is 0 Å². The Morgan fingerprint density at radius 1 is 0.180 bits per heavy atom. The first-order valence-electron chi connectivity index (χ1n) is 42.2. The molecule has 0 N–H and O–H groups in total. The van der Waals surface area contributed by atoms with Gasteiger partial charge in [-0.3, -0.25) is 0 Å². The van der Waals surface area contributed by atoms with Crippen molar-refractivity contribution in [2.45, 2.75) is 261 Å². The number of hydrogen-bond acceptors (Lipinski definition) is 0. The molecular formula is C111H144. The molecule has 0 nitrogen and oxygen atoms in total. The molecule has 0 aliphatic heterocycles. The molecule has 0 atom stereocenters. The quantitative estimate of drug-likeness (QED) is 0.165. The Hall–Kier alpha value is -9.36. The van der Waals surface area contributed by atoms with E-state index in [2.05, 4.69) is 315 Å². The van der Waals surface area contributed by atoms with Gasteiger partial charge in [-0.1, -0.05) is 461 Å². The standard InChI is InChI=1S/3C30H26.9C2H6.3CH4/c1-20(2)24-13-9-17-29-25(24)19-23-12-5-8-16-28(23)30(29)26-14-6-3-10-21(26)18-22-11-4-7-15-27(22)30;1-20(2)21-15-16-25-18-24-11-5-8-14-28(24)30(29(25)19-21)26-12-6-3-9-22(26)17-23-10-4-7-13-27(23)30;1-20(2)21-15-16-29-25(17-21)19-24-11-5-8-14-28(24)30(29)26-12-6-3-9-22(26)18-23-10-4-7-13-27(23)30;9*1-2;;;/h3-17,20H,18-19H2,1-2H3;3-16,19-20H,17-18H2,1-2H3;3-17,20H,18-19H2,1-2H3;9*1-2H3;3*1H4. The van der Waals surface area contributed by atoms with Crippen LogP contribution in [0.15, 0.2) is 273 Å². The summed E-state index contributed by atoms with van der Waals surface area (Å²) in [6.07, 6.45) is 6.07. The van der Waals surface area contributed by atoms with Gasteiger partial charge in [0, 0.05) is 0 Å². The summed E-state index contributed by atoms with van der Waals surface area (Å²) in [6, 6.07) is 104. The third kappa shape index (κ3) is 17.3. The molecular weight excluding hydrogens is 1330 g/mol. The van der Waals surface area contributed by atoms with Crippen LogP contribution in [-0.2, 0) is 54.8 Å². The van der Waals surface area contributed by atoms with Gasteiger partial charge in [-0.2, -0.15) is 0 Å². The second-order valence-corrected chi connectivity index (χ2v) is 27.4. The highest BCUT2D eigenvalue weighted by atomic mass is 14.5. The molecule has 12 aromatic rings. The average molecular weight is 1480 g/mol. The molecule has 3 spiro atoms. The molecule has 0 heteroatoms. The largest absolute Gasteiger partial charge is 0.0776 e. The Morgan fingerprint density at radius 3 is 0.667 bits per heavy atom. The maximum atomic E-state index is 2.51. The fourth-order valence-electron chi connectivity index (χ4n) is 17.8. The van der Waals surface area contributed by atoms with Crippen molar-refractivity contribution in [3.63, 3.8) is 0 Å². The van der Waals surface area contributed by atoms with Gasteiger partial charge in [0.05, 0.1) is 16.2 Å². The van der Waals surface area contributed by atoms with E-state index >= 15 is 0 Å². The van der Waals surface area contributed by atoms with E-state index in [1.807, 2.05) is 125 Å². The SMILES string of the molecule is C.C.C.CC.CC.CC.CC.CC.CC.CC.CC.CC.CC(C)c1ccc2c(c1)C1(c3ccccc3Cc3ccccc31)c1ccccc1C2.CC(C)c1ccc2c(c1)Cc1ccccc1C21c2ccccc2Cc2ccccc21.CC(C)c1cccc2c1Cc1ccccc1C21c2ccccc2Cc2ccccc21. The zero-order chi connectivity index (χ0) is 78.9. The Kier molecular flexibility index (Phi) is 37.8. The first-order chi connectivity index (χ1) is 53.1. The summed E-state index contributed by atoms with van der Waals surface area (Å²) in [4.78, 5) is 0. The molecule has 0 fully saturated rings. The number of rotatable bonds is 3. The lowest BCUT2D eigenvalue weighted by molar-refractivity contribution is 0.663. The van der Waals surface area contributed by atoms with Crippen molar-refractivity contribution in [3.05, 3.63) is 423 Å². The zero-order valence-electron chi connectivity index (χ0n) is 71.0. The van der Waals surface area contributed by atoms with Crippen molar-refractivity contribution >= 4 is 0 Å². The van der Waals surface area contributed by atoms with Gasteiger partial charge in [-0.05, 0) is 206 Å². The minimum Gasteiger partial charge on any atom is -0.0776 e. The Balaban J connectivity index is 0.000000314. The predicted octanol–water partition coefficient (Wildman–Crippen LogP) is 32.1. The second-order valence-electron chi connectivity index (χ2n) is 27.4. The van der Waals surface area contributed by atoms with E-state index in [0.29, 0.717) is 17.8 Å². The highest BCUT2D eigenvalue weighted by molar-refractivity contribution is 5.76. The summed E-state index contributed by atoms with van der Waals surface area (Å²) in [6.45, 7) is 49.8. The highest BCUT2D eigenvalue weighted by Gasteiger charge is 2.51. The van der Waals surface area contributed by atoms with Crippen LogP contribution >= 0.6 is 0 Å². The minimum absolute atomic E-state index is 0. The van der Waals surface area contributed by atoms with E-state index in [1.54, 1.807) is 0 Å². The lowest BCUT2D eigenvalue weighted by Crippen LogP contribution is -2.40. The van der Waals surface area contributed by atoms with Crippen LogP contribution in [0.5, 0.6) is 0 Å². The Labute approximate surface area is 679 Å². The first-order valence-corrected chi connectivity index (χ1v) is 42.2. The summed E-state index contributed by atoms with van der Waals surface area (Å²) in [5, 5.41) is 0. The van der Waals surface area contributed by atoms with Crippen LogP contribution in [0.25, 0.3) is 0 Å². The topological polar surface area (TPSA) is 0 Å². The molecule has 12 aromatic carbocycles. The van der Waals surface area contributed by atoms with Crippen LogP contribution < -0.4 is 0 Å². The fourth-order valence-corrected chi connectivity index (χ4v) is 17.8. The minimum atomic E-state index is -0.236. The van der Waals surface area contributed by atoms with Gasteiger partial charge in [0.2, 0.25) is 0 Å². The molecule has 6 aliphatic carbocycles. The molecule has 0 saturated carbocycles. The van der Waals surface area contributed by atoms with Gasteiger partial charge in [-0.25, -0.2) is 0 Å². The zero-order valence-corrected chi connectivity index (χ0v) is 71.0. The molecule has 18 rings (SSSR count). The van der Waals surface area contributed by atoms with E-state index in [0.717, 1.165) is 38.5 Å². The summed E-state index contributed by atoms with van der Waals surface area (Å²) in [7, 11) is 0. The van der Waals surface area contributed by atoms with Crippen molar-refractivity contribution in [1.29, 1.82) is 0 Å². The van der Waals surface area contributed by atoms with Crippen LogP contribution in [0.2, 0.25) is 0 Å². The maximum absolute atomic E-state index is 2.51. The van der Waals surface area contributed by atoms with Crippen LogP contribution in [0.4, 0.5) is 0 Å². The highest BCUT2D eigenvalue weighted by Crippen LogP contribution is 2.59. The van der Waals surface area contributed by atoms with E-state index in [1.165, 1.54) is 150 Å². The van der Waals surface area contributed by atoms with Crippen LogP contribution in [0.3, 0.4) is 0 Å². The molecule has 0 unspecified atom stereocenters. The molecule has 0 bridgehead atoms. The fraction of sp³-hybridized carbons (Fsp3) is 0.351. The third-order valence-corrected chi connectivity index (χ3v) is 21.7.